The Bertz CT molecular complexity index is 594. The number of morpholine rings is 1. The number of aliphatic hydroxyl groups is 1. The fourth-order valence-corrected chi connectivity index (χ4v) is 3.81. The van der Waals surface area contributed by atoms with Crippen molar-refractivity contribution in [2.24, 2.45) is 0 Å². The lowest BCUT2D eigenvalue weighted by Crippen LogP contribution is -2.48. The van der Waals surface area contributed by atoms with Crippen molar-refractivity contribution in [3.05, 3.63) is 23.8 Å². The highest BCUT2D eigenvalue weighted by Gasteiger charge is 2.37. The zero-order valence-corrected chi connectivity index (χ0v) is 16.5. The SMILES string of the molecule is COCCOc1cc(CN2CCC(O)(CN3CCOCC3)C2)ccc1OC. The van der Waals surface area contributed by atoms with Crippen molar-refractivity contribution in [1.29, 1.82) is 0 Å². The molecule has 27 heavy (non-hydrogen) atoms. The summed E-state index contributed by atoms with van der Waals surface area (Å²) in [5, 5.41) is 11.0. The minimum atomic E-state index is -0.637. The van der Waals surface area contributed by atoms with E-state index in [4.69, 9.17) is 18.9 Å². The molecule has 0 amide bonds. The van der Waals surface area contributed by atoms with Gasteiger partial charge in [0, 0.05) is 46.4 Å². The molecule has 2 aliphatic rings. The highest BCUT2D eigenvalue weighted by molar-refractivity contribution is 5.43. The highest BCUT2D eigenvalue weighted by Crippen LogP contribution is 2.30. The van der Waals surface area contributed by atoms with Crippen LogP contribution in [0.3, 0.4) is 0 Å². The normalized spacial score (nSPS) is 24.3. The molecule has 1 aromatic rings. The van der Waals surface area contributed by atoms with E-state index in [1.54, 1.807) is 14.2 Å². The van der Waals surface area contributed by atoms with Gasteiger partial charge in [-0.15, -0.1) is 0 Å². The number of hydrogen-bond donors (Lipinski definition) is 1. The third-order valence-corrected chi connectivity index (χ3v) is 5.21. The number of methoxy groups -OCH3 is 2. The fraction of sp³-hybridized carbons (Fsp3) is 0.700. The van der Waals surface area contributed by atoms with Gasteiger partial charge >= 0.3 is 0 Å². The van der Waals surface area contributed by atoms with Crippen LogP contribution < -0.4 is 9.47 Å². The molecular weight excluding hydrogens is 348 g/mol. The van der Waals surface area contributed by atoms with Gasteiger partial charge in [0.1, 0.15) is 6.61 Å². The van der Waals surface area contributed by atoms with Gasteiger partial charge in [0.25, 0.3) is 0 Å². The summed E-state index contributed by atoms with van der Waals surface area (Å²) in [6, 6.07) is 6.02. The molecule has 0 saturated carbocycles. The number of likely N-dealkylation sites (tertiary alicyclic amines) is 1. The summed E-state index contributed by atoms with van der Waals surface area (Å²) in [7, 11) is 3.30. The average molecular weight is 380 g/mol. The molecule has 1 atom stereocenters. The Morgan fingerprint density at radius 1 is 1.07 bits per heavy atom. The number of β-amino-alcohol motifs (C(OH)–C–C–N with tert-alkyl or cyclic N) is 1. The van der Waals surface area contributed by atoms with Crippen LogP contribution in [-0.4, -0.2) is 93.9 Å². The van der Waals surface area contributed by atoms with Gasteiger partial charge in [0.15, 0.2) is 11.5 Å². The molecule has 0 aliphatic carbocycles. The molecule has 1 unspecified atom stereocenters. The number of hydrogen-bond acceptors (Lipinski definition) is 7. The molecule has 7 heteroatoms. The molecule has 1 aromatic carbocycles. The van der Waals surface area contributed by atoms with E-state index < -0.39 is 5.60 Å². The summed E-state index contributed by atoms with van der Waals surface area (Å²) in [6.45, 7) is 7.45. The molecule has 2 fully saturated rings. The average Bonchev–Trinajstić information content (AvgIpc) is 3.03. The van der Waals surface area contributed by atoms with Gasteiger partial charge in [-0.1, -0.05) is 6.07 Å². The Morgan fingerprint density at radius 3 is 2.63 bits per heavy atom. The lowest BCUT2D eigenvalue weighted by atomic mass is 10.0. The van der Waals surface area contributed by atoms with Gasteiger partial charge in [-0.25, -0.2) is 0 Å². The van der Waals surface area contributed by atoms with Gasteiger partial charge in [-0.2, -0.15) is 0 Å². The van der Waals surface area contributed by atoms with Gasteiger partial charge in [-0.3, -0.25) is 9.80 Å². The van der Waals surface area contributed by atoms with Crippen LogP contribution in [0.4, 0.5) is 0 Å². The molecule has 7 nitrogen and oxygen atoms in total. The highest BCUT2D eigenvalue weighted by atomic mass is 16.5. The Morgan fingerprint density at radius 2 is 1.89 bits per heavy atom. The minimum absolute atomic E-state index is 0.485. The van der Waals surface area contributed by atoms with Gasteiger partial charge < -0.3 is 24.1 Å². The molecule has 2 saturated heterocycles. The Hall–Kier alpha value is -1.38. The largest absolute Gasteiger partial charge is 0.493 e. The van der Waals surface area contributed by atoms with Crippen LogP contribution in [0.2, 0.25) is 0 Å². The summed E-state index contributed by atoms with van der Waals surface area (Å²) in [4.78, 5) is 4.61. The maximum absolute atomic E-state index is 11.0. The molecule has 0 bridgehead atoms. The van der Waals surface area contributed by atoms with Crippen LogP contribution in [-0.2, 0) is 16.0 Å². The molecule has 1 N–H and O–H groups in total. The van der Waals surface area contributed by atoms with Crippen LogP contribution >= 0.6 is 0 Å². The van der Waals surface area contributed by atoms with Crippen LogP contribution in [0, 0.1) is 0 Å². The molecule has 2 heterocycles. The molecular formula is C20H32N2O5. The smallest absolute Gasteiger partial charge is 0.161 e. The summed E-state index contributed by atoms with van der Waals surface area (Å²) < 4.78 is 21.6. The predicted molar refractivity (Wildman–Crippen MR) is 102 cm³/mol. The lowest BCUT2D eigenvalue weighted by molar-refractivity contribution is -0.0266. The number of nitrogens with zero attached hydrogens (tertiary/aromatic N) is 2. The topological polar surface area (TPSA) is 63.6 Å². The van der Waals surface area contributed by atoms with Crippen molar-refractivity contribution in [3.8, 4) is 11.5 Å². The molecule has 2 aliphatic heterocycles. The lowest BCUT2D eigenvalue weighted by Gasteiger charge is -2.33. The van der Waals surface area contributed by atoms with Crippen molar-refractivity contribution < 1.29 is 24.1 Å². The number of benzene rings is 1. The van der Waals surface area contributed by atoms with Crippen molar-refractivity contribution >= 4 is 0 Å². The van der Waals surface area contributed by atoms with E-state index in [1.165, 1.54) is 0 Å². The molecule has 0 spiro atoms. The zero-order chi connectivity index (χ0) is 19.1. The first kappa shape index (κ1) is 20.4. The van der Waals surface area contributed by atoms with E-state index in [-0.39, 0.29) is 0 Å². The van der Waals surface area contributed by atoms with E-state index >= 15 is 0 Å². The Balaban J connectivity index is 1.56. The first-order valence-corrected chi connectivity index (χ1v) is 9.65. The Kier molecular flexibility index (Phi) is 7.32. The third-order valence-electron chi connectivity index (χ3n) is 5.21. The van der Waals surface area contributed by atoms with Crippen LogP contribution in [0.5, 0.6) is 11.5 Å². The maximum Gasteiger partial charge on any atom is 0.161 e. The molecule has 3 rings (SSSR count). The maximum atomic E-state index is 11.0. The standard InChI is InChI=1S/C20H32N2O5/c1-24-11-12-27-19-13-17(3-4-18(19)25-2)14-22-6-5-20(23,16-22)15-21-7-9-26-10-8-21/h3-4,13,23H,5-12,14-16H2,1-2H3. The van der Waals surface area contributed by atoms with Gasteiger partial charge in [0.05, 0.1) is 32.5 Å². The second-order valence-electron chi connectivity index (χ2n) is 7.40. The first-order valence-electron chi connectivity index (χ1n) is 9.65. The number of rotatable bonds is 9. The summed E-state index contributed by atoms with van der Waals surface area (Å²) in [6.07, 6.45) is 0.803. The second kappa shape index (κ2) is 9.71. The summed E-state index contributed by atoms with van der Waals surface area (Å²) in [5.74, 6) is 1.45. The molecule has 152 valence electrons. The molecule has 0 aromatic heterocycles. The fourth-order valence-electron chi connectivity index (χ4n) is 3.81. The van der Waals surface area contributed by atoms with Crippen LogP contribution in [0.15, 0.2) is 18.2 Å². The van der Waals surface area contributed by atoms with Crippen molar-refractivity contribution in [2.75, 3.05) is 73.4 Å². The van der Waals surface area contributed by atoms with E-state index in [9.17, 15) is 5.11 Å². The minimum Gasteiger partial charge on any atom is -0.493 e. The summed E-state index contributed by atoms with van der Waals surface area (Å²) in [5.41, 5.74) is 0.514. The van der Waals surface area contributed by atoms with E-state index in [2.05, 4.69) is 15.9 Å². The quantitative estimate of drug-likeness (QED) is 0.641. The van der Waals surface area contributed by atoms with Crippen molar-refractivity contribution in [2.45, 2.75) is 18.6 Å². The predicted octanol–water partition coefficient (Wildman–Crippen LogP) is 0.989. The first-order chi connectivity index (χ1) is 13.1. The zero-order valence-electron chi connectivity index (χ0n) is 16.5. The van der Waals surface area contributed by atoms with Crippen LogP contribution in [0.1, 0.15) is 12.0 Å². The van der Waals surface area contributed by atoms with Crippen LogP contribution in [0.25, 0.3) is 0 Å². The van der Waals surface area contributed by atoms with E-state index in [0.717, 1.165) is 69.4 Å². The monoisotopic (exact) mass is 380 g/mol. The van der Waals surface area contributed by atoms with Crippen molar-refractivity contribution in [1.82, 2.24) is 9.80 Å². The summed E-state index contributed by atoms with van der Waals surface area (Å²) >= 11 is 0. The number of ether oxygens (including phenoxy) is 4. The third kappa shape index (κ3) is 5.80. The second-order valence-corrected chi connectivity index (χ2v) is 7.40. The van der Waals surface area contributed by atoms with Gasteiger partial charge in [0.2, 0.25) is 0 Å². The van der Waals surface area contributed by atoms with E-state index in [1.807, 2.05) is 12.1 Å². The van der Waals surface area contributed by atoms with E-state index in [0.29, 0.717) is 19.8 Å². The Labute approximate surface area is 161 Å². The van der Waals surface area contributed by atoms with Crippen molar-refractivity contribution in [3.63, 3.8) is 0 Å². The molecule has 0 radical (unpaired) electrons. The van der Waals surface area contributed by atoms with Gasteiger partial charge in [-0.05, 0) is 24.1 Å².